The van der Waals surface area contributed by atoms with E-state index in [1.807, 2.05) is 36.4 Å². The van der Waals surface area contributed by atoms with Gasteiger partial charge in [0.05, 0.1) is 18.9 Å². The number of aliphatic hydroxyl groups is 1. The number of piperidine rings is 1. The molecule has 2 aliphatic rings. The average Bonchev–Trinajstić information content (AvgIpc) is 2.87. The van der Waals surface area contributed by atoms with Crippen molar-refractivity contribution in [1.82, 2.24) is 20.2 Å². The Labute approximate surface area is 198 Å². The smallest absolute Gasteiger partial charge is 0.263 e. The summed E-state index contributed by atoms with van der Waals surface area (Å²) in [7, 11) is 1.63. The van der Waals surface area contributed by atoms with E-state index in [1.165, 1.54) is 0 Å². The molecule has 0 aliphatic carbocycles. The lowest BCUT2D eigenvalue weighted by Gasteiger charge is -2.33. The zero-order chi connectivity index (χ0) is 23.5. The number of hydrogen-bond donors (Lipinski definition) is 3. The van der Waals surface area contributed by atoms with Crippen molar-refractivity contribution < 1.29 is 19.4 Å². The number of aliphatic hydroxyl groups excluding tert-OH is 1. The summed E-state index contributed by atoms with van der Waals surface area (Å²) < 4.78 is 10.8. The van der Waals surface area contributed by atoms with Crippen molar-refractivity contribution in [3.63, 3.8) is 0 Å². The van der Waals surface area contributed by atoms with Gasteiger partial charge in [0.15, 0.2) is 18.2 Å². The minimum Gasteiger partial charge on any atom is -0.494 e. The molecule has 3 aromatic rings. The van der Waals surface area contributed by atoms with Gasteiger partial charge in [0, 0.05) is 30.7 Å². The van der Waals surface area contributed by atoms with Gasteiger partial charge < -0.3 is 30.1 Å². The highest BCUT2D eigenvalue weighted by Gasteiger charge is 2.23. The van der Waals surface area contributed by atoms with Crippen LogP contribution in [0, 0.1) is 0 Å². The predicted octanol–water partition coefficient (Wildman–Crippen LogP) is 2.26. The van der Waals surface area contributed by atoms with Gasteiger partial charge in [-0.3, -0.25) is 9.78 Å². The molecule has 5 rings (SSSR count). The van der Waals surface area contributed by atoms with Gasteiger partial charge >= 0.3 is 0 Å². The molecule has 1 atom stereocenters. The number of likely N-dealkylation sites (tertiary alicyclic amines) is 1. The first-order valence-corrected chi connectivity index (χ1v) is 11.6. The molecule has 1 amide bonds. The minimum atomic E-state index is -0.598. The van der Waals surface area contributed by atoms with Gasteiger partial charge in [-0.05, 0) is 55.8 Å². The van der Waals surface area contributed by atoms with Crippen molar-refractivity contribution in [1.29, 1.82) is 0 Å². The number of amides is 1. The van der Waals surface area contributed by atoms with Crippen molar-refractivity contribution in [2.75, 3.05) is 38.7 Å². The third-order valence-corrected chi connectivity index (χ3v) is 6.47. The van der Waals surface area contributed by atoms with E-state index in [1.54, 1.807) is 13.3 Å². The molecule has 0 spiro atoms. The number of nitrogens with zero attached hydrogens (tertiary/aromatic N) is 3. The molecule has 2 aliphatic heterocycles. The van der Waals surface area contributed by atoms with Crippen molar-refractivity contribution in [2.24, 2.45) is 0 Å². The first-order valence-electron chi connectivity index (χ1n) is 11.6. The molecule has 34 heavy (non-hydrogen) atoms. The number of carbonyl (C=O) groups excluding carboxylic acids is 1. The van der Waals surface area contributed by atoms with Crippen LogP contribution in [-0.4, -0.2) is 65.3 Å². The van der Waals surface area contributed by atoms with Crippen molar-refractivity contribution in [2.45, 2.75) is 31.5 Å². The molecule has 1 saturated heterocycles. The molecule has 3 N–H and O–H groups in total. The number of pyridine rings is 2. The molecule has 4 heterocycles. The van der Waals surface area contributed by atoms with Crippen LogP contribution in [0.3, 0.4) is 0 Å². The highest BCUT2D eigenvalue weighted by atomic mass is 16.5. The zero-order valence-electron chi connectivity index (χ0n) is 19.2. The van der Waals surface area contributed by atoms with E-state index >= 15 is 0 Å². The number of aromatic nitrogens is 2. The molecule has 0 bridgehead atoms. The van der Waals surface area contributed by atoms with Crippen LogP contribution in [0.4, 0.5) is 5.82 Å². The first-order chi connectivity index (χ1) is 16.6. The largest absolute Gasteiger partial charge is 0.494 e. The monoisotopic (exact) mass is 463 g/mol. The number of methoxy groups -OCH3 is 1. The van der Waals surface area contributed by atoms with Crippen molar-refractivity contribution >= 4 is 22.6 Å². The third kappa shape index (κ3) is 4.82. The second-order valence-electron chi connectivity index (χ2n) is 8.71. The number of nitrogens with one attached hydrogen (secondary N) is 2. The lowest BCUT2D eigenvalue weighted by molar-refractivity contribution is -0.118. The topological polar surface area (TPSA) is 109 Å². The Hall–Kier alpha value is -3.27. The van der Waals surface area contributed by atoms with E-state index < -0.39 is 6.10 Å². The van der Waals surface area contributed by atoms with Crippen LogP contribution < -0.4 is 20.1 Å². The summed E-state index contributed by atoms with van der Waals surface area (Å²) in [4.78, 5) is 22.7. The maximum atomic E-state index is 11.5. The average molecular weight is 464 g/mol. The Bertz CT molecular complexity index is 1180. The van der Waals surface area contributed by atoms with Crippen LogP contribution >= 0.6 is 0 Å². The molecular formula is C25H29N5O4. The van der Waals surface area contributed by atoms with Gasteiger partial charge in [-0.25, -0.2) is 4.98 Å². The number of β-amino-alcohol motifs (C(OH)–C–C–N with tert-alkyl or cyclic N) is 1. The summed E-state index contributed by atoms with van der Waals surface area (Å²) in [5.41, 5.74) is 2.51. The summed E-state index contributed by atoms with van der Waals surface area (Å²) in [5.74, 6) is 1.62. The summed E-state index contributed by atoms with van der Waals surface area (Å²) in [5, 5.41) is 18.2. The predicted molar refractivity (Wildman–Crippen MR) is 128 cm³/mol. The Morgan fingerprint density at radius 3 is 2.94 bits per heavy atom. The van der Waals surface area contributed by atoms with E-state index in [0.717, 1.165) is 48.1 Å². The van der Waals surface area contributed by atoms with Crippen LogP contribution in [-0.2, 0) is 11.3 Å². The summed E-state index contributed by atoms with van der Waals surface area (Å²) in [6.45, 7) is 3.05. The van der Waals surface area contributed by atoms with E-state index in [9.17, 15) is 9.90 Å². The molecule has 2 aromatic heterocycles. The van der Waals surface area contributed by atoms with E-state index in [0.29, 0.717) is 36.4 Å². The molecule has 178 valence electrons. The molecule has 1 fully saturated rings. The normalized spacial score (nSPS) is 17.6. The Balaban J connectivity index is 1.14. The maximum absolute atomic E-state index is 11.5. The van der Waals surface area contributed by atoms with Crippen LogP contribution in [0.1, 0.15) is 30.2 Å². The van der Waals surface area contributed by atoms with Crippen LogP contribution in [0.5, 0.6) is 11.5 Å². The second-order valence-corrected chi connectivity index (χ2v) is 8.71. The van der Waals surface area contributed by atoms with Gasteiger partial charge in [-0.15, -0.1) is 0 Å². The van der Waals surface area contributed by atoms with Crippen LogP contribution in [0.25, 0.3) is 10.9 Å². The number of anilines is 1. The van der Waals surface area contributed by atoms with Gasteiger partial charge in [0.2, 0.25) is 0 Å². The first kappa shape index (κ1) is 22.5. The van der Waals surface area contributed by atoms with Crippen LogP contribution in [0.2, 0.25) is 0 Å². The molecular weight excluding hydrogens is 434 g/mol. The number of carbonyl (C=O) groups is 1. The lowest BCUT2D eigenvalue weighted by atomic mass is 10.0. The van der Waals surface area contributed by atoms with Crippen molar-refractivity contribution in [3.05, 3.63) is 53.9 Å². The fourth-order valence-corrected chi connectivity index (χ4v) is 4.64. The summed E-state index contributed by atoms with van der Waals surface area (Å²) >= 11 is 0. The molecule has 0 saturated carbocycles. The maximum Gasteiger partial charge on any atom is 0.263 e. The number of benzene rings is 1. The molecule has 9 nitrogen and oxygen atoms in total. The Kier molecular flexibility index (Phi) is 6.57. The lowest BCUT2D eigenvalue weighted by Crippen LogP contribution is -2.43. The number of para-hydroxylation sites is 1. The molecule has 1 aromatic carbocycles. The molecule has 0 unspecified atom stereocenters. The van der Waals surface area contributed by atoms with Gasteiger partial charge in [0.1, 0.15) is 11.3 Å². The zero-order valence-corrected chi connectivity index (χ0v) is 19.2. The van der Waals surface area contributed by atoms with Gasteiger partial charge in [-0.1, -0.05) is 12.1 Å². The van der Waals surface area contributed by atoms with Crippen molar-refractivity contribution in [3.8, 4) is 11.5 Å². The number of fused-ring (bicyclic) bond motifs is 2. The molecule has 9 heteroatoms. The minimum absolute atomic E-state index is 0.0329. The fourth-order valence-electron chi connectivity index (χ4n) is 4.64. The summed E-state index contributed by atoms with van der Waals surface area (Å²) in [6.07, 6.45) is 3.11. The second kappa shape index (κ2) is 9.92. The number of rotatable bonds is 7. The van der Waals surface area contributed by atoms with Gasteiger partial charge in [0.25, 0.3) is 5.91 Å². The quantitative estimate of drug-likeness (QED) is 0.490. The van der Waals surface area contributed by atoms with Crippen LogP contribution in [0.15, 0.2) is 42.6 Å². The highest BCUT2D eigenvalue weighted by molar-refractivity contribution is 5.94. The van der Waals surface area contributed by atoms with E-state index in [4.69, 9.17) is 9.47 Å². The van der Waals surface area contributed by atoms with E-state index in [-0.39, 0.29) is 12.5 Å². The summed E-state index contributed by atoms with van der Waals surface area (Å²) in [6, 6.07) is 11.8. The standard InChI is InChI=1S/C25H29N5O4/c1-33-21-4-2-3-19-18(7-10-26-24(19)21)20(31)14-30-11-8-16(9-12-30)27-13-17-5-6-22-25(28-17)29-23(32)15-34-22/h2-7,10,16,20,27,31H,8-9,11-15H2,1H3,(H,28,29,32)/t20-/m1/s1. The number of hydrogen-bond acceptors (Lipinski definition) is 8. The third-order valence-electron chi connectivity index (χ3n) is 6.47. The fraction of sp³-hybridized carbons (Fsp3) is 0.400. The highest BCUT2D eigenvalue weighted by Crippen LogP contribution is 2.30. The Morgan fingerprint density at radius 2 is 2.12 bits per heavy atom. The SMILES string of the molecule is COc1cccc2c([C@H](O)CN3CCC(NCc4ccc5c(n4)NC(=O)CO5)CC3)ccnc12. The molecule has 0 radical (unpaired) electrons. The van der Waals surface area contributed by atoms with E-state index in [2.05, 4.69) is 25.5 Å². The van der Waals surface area contributed by atoms with Gasteiger partial charge in [-0.2, -0.15) is 0 Å². The number of ether oxygens (including phenoxy) is 2. The Morgan fingerprint density at radius 1 is 1.26 bits per heavy atom.